The van der Waals surface area contributed by atoms with Gasteiger partial charge in [0.05, 0.1) is 21.4 Å². The highest BCUT2D eigenvalue weighted by atomic mass is 35.5. The minimum absolute atomic E-state index is 0.0494. The molecule has 0 aliphatic carbocycles. The highest BCUT2D eigenvalue weighted by molar-refractivity contribution is 7.09. The first kappa shape index (κ1) is 16.9. The third-order valence-corrected chi connectivity index (χ3v) is 5.05. The molecular formula is C17H18ClN3O2S. The number of hydrogen-bond donors (Lipinski definition) is 1. The molecule has 0 saturated carbocycles. The number of nitrogens with zero attached hydrogens (tertiary/aromatic N) is 2. The van der Waals surface area contributed by atoms with Gasteiger partial charge in [0.25, 0.3) is 5.91 Å². The van der Waals surface area contributed by atoms with E-state index >= 15 is 0 Å². The number of anilines is 1. The van der Waals surface area contributed by atoms with E-state index in [1.165, 1.54) is 0 Å². The van der Waals surface area contributed by atoms with Crippen molar-refractivity contribution in [3.05, 3.63) is 44.9 Å². The highest BCUT2D eigenvalue weighted by Gasteiger charge is 2.24. The Bertz CT molecular complexity index is 775. The lowest BCUT2D eigenvalue weighted by Crippen LogP contribution is -2.27. The molecule has 1 aromatic heterocycles. The van der Waals surface area contributed by atoms with E-state index in [0.29, 0.717) is 42.2 Å². The summed E-state index contributed by atoms with van der Waals surface area (Å²) in [5, 5.41) is 6.39. The molecule has 7 heteroatoms. The lowest BCUT2D eigenvalue weighted by Gasteiger charge is -2.18. The van der Waals surface area contributed by atoms with Gasteiger partial charge in [0.2, 0.25) is 5.91 Å². The lowest BCUT2D eigenvalue weighted by molar-refractivity contribution is -0.117. The van der Waals surface area contributed by atoms with Crippen LogP contribution in [0.5, 0.6) is 0 Å². The zero-order valence-corrected chi connectivity index (χ0v) is 14.9. The van der Waals surface area contributed by atoms with Crippen LogP contribution in [0.3, 0.4) is 0 Å². The molecule has 3 rings (SSSR count). The summed E-state index contributed by atoms with van der Waals surface area (Å²) in [6.07, 6.45) is 2.04. The molecule has 2 aromatic rings. The topological polar surface area (TPSA) is 62.3 Å². The maximum atomic E-state index is 12.3. The predicted octanol–water partition coefficient (Wildman–Crippen LogP) is 3.20. The number of carbonyl (C=O) groups excluding carboxylic acids is 2. The number of nitrogens with one attached hydrogen (secondary N) is 1. The summed E-state index contributed by atoms with van der Waals surface area (Å²) >= 11 is 7.80. The van der Waals surface area contributed by atoms with Crippen molar-refractivity contribution in [2.45, 2.75) is 26.2 Å². The van der Waals surface area contributed by atoms with Crippen LogP contribution in [-0.2, 0) is 11.2 Å². The summed E-state index contributed by atoms with van der Waals surface area (Å²) in [5.74, 6) is -0.125. The number of carbonyl (C=O) groups is 2. The van der Waals surface area contributed by atoms with Crippen molar-refractivity contribution in [2.24, 2.45) is 0 Å². The Balaban J connectivity index is 1.65. The van der Waals surface area contributed by atoms with Crippen molar-refractivity contribution in [1.29, 1.82) is 0 Å². The van der Waals surface area contributed by atoms with Crippen LogP contribution in [0.15, 0.2) is 23.6 Å². The number of hydrogen-bond acceptors (Lipinski definition) is 4. The number of benzene rings is 1. The van der Waals surface area contributed by atoms with Crippen LogP contribution in [0.4, 0.5) is 5.69 Å². The first-order valence-electron chi connectivity index (χ1n) is 7.84. The summed E-state index contributed by atoms with van der Waals surface area (Å²) in [7, 11) is 0. The van der Waals surface area contributed by atoms with E-state index in [1.807, 2.05) is 12.3 Å². The second kappa shape index (κ2) is 7.32. The molecule has 1 fully saturated rings. The zero-order chi connectivity index (χ0) is 17.1. The van der Waals surface area contributed by atoms with Crippen molar-refractivity contribution in [1.82, 2.24) is 10.3 Å². The molecule has 2 amide bonds. The molecule has 0 spiro atoms. The van der Waals surface area contributed by atoms with E-state index in [2.05, 4.69) is 10.3 Å². The zero-order valence-electron chi connectivity index (χ0n) is 13.3. The van der Waals surface area contributed by atoms with Gasteiger partial charge in [-0.1, -0.05) is 11.6 Å². The van der Waals surface area contributed by atoms with Gasteiger partial charge in [-0.15, -0.1) is 11.3 Å². The lowest BCUT2D eigenvalue weighted by atomic mass is 10.1. The number of rotatable bonds is 5. The Morgan fingerprint density at radius 1 is 1.46 bits per heavy atom. The highest BCUT2D eigenvalue weighted by Crippen LogP contribution is 2.30. The van der Waals surface area contributed by atoms with E-state index in [1.54, 1.807) is 34.4 Å². The molecule has 5 nitrogen and oxygen atoms in total. The third kappa shape index (κ3) is 3.76. The molecule has 1 aliphatic rings. The smallest absolute Gasteiger partial charge is 0.251 e. The molecule has 2 heterocycles. The van der Waals surface area contributed by atoms with Gasteiger partial charge in [0.1, 0.15) is 0 Å². The van der Waals surface area contributed by atoms with Crippen LogP contribution in [0.25, 0.3) is 0 Å². The molecule has 0 atom stereocenters. The molecule has 1 aliphatic heterocycles. The molecule has 0 unspecified atom stereocenters. The maximum absolute atomic E-state index is 12.3. The van der Waals surface area contributed by atoms with Gasteiger partial charge in [-0.2, -0.15) is 0 Å². The Labute approximate surface area is 149 Å². The second-order valence-electron chi connectivity index (χ2n) is 5.68. The SMILES string of the molecule is Cc1nc(CCNC(=O)c2ccc(Cl)c(N3CCCC3=O)c2)cs1. The summed E-state index contributed by atoms with van der Waals surface area (Å²) < 4.78 is 0. The molecule has 1 aromatic carbocycles. The maximum Gasteiger partial charge on any atom is 0.251 e. The quantitative estimate of drug-likeness (QED) is 0.887. The minimum atomic E-state index is -0.175. The fourth-order valence-corrected chi connectivity index (χ4v) is 3.56. The molecule has 0 radical (unpaired) electrons. The number of thiazole rings is 1. The largest absolute Gasteiger partial charge is 0.352 e. The van der Waals surface area contributed by atoms with Crippen LogP contribution in [0, 0.1) is 6.92 Å². The average molecular weight is 364 g/mol. The summed E-state index contributed by atoms with van der Waals surface area (Å²) in [5.41, 5.74) is 2.10. The molecule has 1 N–H and O–H groups in total. The van der Waals surface area contributed by atoms with E-state index in [4.69, 9.17) is 11.6 Å². The summed E-state index contributed by atoms with van der Waals surface area (Å²) in [6, 6.07) is 5.03. The molecular weight excluding hydrogens is 346 g/mol. The molecule has 1 saturated heterocycles. The van der Waals surface area contributed by atoms with E-state index < -0.39 is 0 Å². The standard InChI is InChI=1S/C17H18ClN3O2S/c1-11-20-13(10-24-11)6-7-19-17(23)12-4-5-14(18)15(9-12)21-8-2-3-16(21)22/h4-5,9-10H,2-3,6-8H2,1H3,(H,19,23). The van der Waals surface area contributed by atoms with Crippen LogP contribution >= 0.6 is 22.9 Å². The summed E-state index contributed by atoms with van der Waals surface area (Å²) in [4.78, 5) is 30.2. The third-order valence-electron chi connectivity index (χ3n) is 3.91. The van der Waals surface area contributed by atoms with Crippen molar-refractivity contribution >= 4 is 40.4 Å². The van der Waals surface area contributed by atoms with Crippen LogP contribution in [0.2, 0.25) is 5.02 Å². The summed E-state index contributed by atoms with van der Waals surface area (Å²) in [6.45, 7) is 3.12. The van der Waals surface area contributed by atoms with E-state index in [-0.39, 0.29) is 11.8 Å². The first-order chi connectivity index (χ1) is 11.5. The fourth-order valence-electron chi connectivity index (χ4n) is 2.69. The van der Waals surface area contributed by atoms with Gasteiger partial charge < -0.3 is 10.2 Å². The van der Waals surface area contributed by atoms with E-state index in [0.717, 1.165) is 17.1 Å². The second-order valence-corrected chi connectivity index (χ2v) is 7.15. The number of aryl methyl sites for hydroxylation is 1. The van der Waals surface area contributed by atoms with Crippen molar-refractivity contribution in [3.8, 4) is 0 Å². The number of amides is 2. The Morgan fingerprint density at radius 2 is 2.29 bits per heavy atom. The van der Waals surface area contributed by atoms with Crippen LogP contribution in [0.1, 0.15) is 33.9 Å². The Kier molecular flexibility index (Phi) is 5.16. The fraction of sp³-hybridized carbons (Fsp3) is 0.353. The van der Waals surface area contributed by atoms with Gasteiger partial charge in [-0.25, -0.2) is 4.98 Å². The average Bonchev–Trinajstić information content (AvgIpc) is 3.16. The number of halogens is 1. The first-order valence-corrected chi connectivity index (χ1v) is 9.09. The van der Waals surface area contributed by atoms with Gasteiger partial charge in [0.15, 0.2) is 0 Å². The van der Waals surface area contributed by atoms with Crippen LogP contribution in [-0.4, -0.2) is 29.9 Å². The van der Waals surface area contributed by atoms with E-state index in [9.17, 15) is 9.59 Å². The van der Waals surface area contributed by atoms with Crippen LogP contribution < -0.4 is 10.2 Å². The Hall–Kier alpha value is -1.92. The van der Waals surface area contributed by atoms with Gasteiger partial charge >= 0.3 is 0 Å². The van der Waals surface area contributed by atoms with Crippen molar-refractivity contribution in [3.63, 3.8) is 0 Å². The van der Waals surface area contributed by atoms with Gasteiger partial charge in [0, 0.05) is 36.9 Å². The monoisotopic (exact) mass is 363 g/mol. The predicted molar refractivity (Wildman–Crippen MR) is 95.9 cm³/mol. The van der Waals surface area contributed by atoms with Crippen molar-refractivity contribution < 1.29 is 9.59 Å². The molecule has 0 bridgehead atoms. The normalized spacial score (nSPS) is 14.2. The molecule has 126 valence electrons. The Morgan fingerprint density at radius 3 is 2.96 bits per heavy atom. The molecule has 24 heavy (non-hydrogen) atoms. The van der Waals surface area contributed by atoms with Gasteiger partial charge in [-0.05, 0) is 31.5 Å². The minimum Gasteiger partial charge on any atom is -0.352 e. The van der Waals surface area contributed by atoms with Crippen molar-refractivity contribution in [2.75, 3.05) is 18.0 Å². The number of aromatic nitrogens is 1. The van der Waals surface area contributed by atoms with Gasteiger partial charge in [-0.3, -0.25) is 9.59 Å².